The normalized spacial score (nSPS) is 11.3. The molecule has 0 aliphatic heterocycles. The minimum Gasteiger partial charge on any atom is -0.272 e. The molecule has 2 aromatic heterocycles. The molecule has 0 N–H and O–H groups in total. The molecule has 0 unspecified atom stereocenters. The molecular formula is C14H19ClN4. The van der Waals surface area contributed by atoms with Crippen molar-refractivity contribution in [2.45, 2.75) is 34.1 Å². The highest BCUT2D eigenvalue weighted by atomic mass is 35.5. The van der Waals surface area contributed by atoms with Crippen LogP contribution in [0.25, 0.3) is 11.4 Å². The fraction of sp³-hybridized carbons (Fsp3) is 0.500. The fourth-order valence-corrected chi connectivity index (χ4v) is 2.40. The van der Waals surface area contributed by atoms with Gasteiger partial charge in [-0.3, -0.25) is 4.68 Å². The molecule has 0 aliphatic rings. The minimum absolute atomic E-state index is 0.489. The molecule has 2 rings (SSSR count). The molecule has 0 radical (unpaired) electrons. The summed E-state index contributed by atoms with van der Waals surface area (Å²) in [6, 6.07) is 1.84. The van der Waals surface area contributed by atoms with Crippen LogP contribution in [0.5, 0.6) is 0 Å². The standard InChI is InChI=1S/C14H19ClN4/c1-8(2)6-11-7-12(15)17-14(16-11)13-9(3)18-19(5)10(13)4/h7-8H,6H2,1-5H3. The maximum Gasteiger partial charge on any atom is 0.164 e. The Balaban J connectivity index is 2.53. The van der Waals surface area contributed by atoms with Crippen molar-refractivity contribution in [3.63, 3.8) is 0 Å². The van der Waals surface area contributed by atoms with Crippen LogP contribution in [0.2, 0.25) is 5.15 Å². The number of aromatic nitrogens is 4. The van der Waals surface area contributed by atoms with Crippen LogP contribution in [0, 0.1) is 19.8 Å². The van der Waals surface area contributed by atoms with Gasteiger partial charge in [-0.2, -0.15) is 5.10 Å². The number of hydrogen-bond acceptors (Lipinski definition) is 3. The van der Waals surface area contributed by atoms with Crippen LogP contribution in [0.4, 0.5) is 0 Å². The van der Waals surface area contributed by atoms with Crippen LogP contribution in [0.1, 0.15) is 30.9 Å². The van der Waals surface area contributed by atoms with Gasteiger partial charge in [-0.05, 0) is 32.3 Å². The number of rotatable bonds is 3. The van der Waals surface area contributed by atoms with Crippen molar-refractivity contribution in [3.05, 3.63) is 28.3 Å². The third kappa shape index (κ3) is 2.95. The molecule has 0 bridgehead atoms. The van der Waals surface area contributed by atoms with Crippen molar-refractivity contribution in [2.75, 3.05) is 0 Å². The molecule has 102 valence electrons. The van der Waals surface area contributed by atoms with E-state index >= 15 is 0 Å². The zero-order valence-corrected chi connectivity index (χ0v) is 12.8. The summed E-state index contributed by atoms with van der Waals surface area (Å²) >= 11 is 6.12. The van der Waals surface area contributed by atoms with E-state index in [0.717, 1.165) is 29.1 Å². The minimum atomic E-state index is 0.489. The number of nitrogens with zero attached hydrogens (tertiary/aromatic N) is 4. The monoisotopic (exact) mass is 278 g/mol. The van der Waals surface area contributed by atoms with Gasteiger partial charge in [0.15, 0.2) is 5.82 Å². The fourth-order valence-electron chi connectivity index (χ4n) is 2.20. The molecule has 0 fully saturated rings. The van der Waals surface area contributed by atoms with E-state index in [9.17, 15) is 0 Å². The van der Waals surface area contributed by atoms with Gasteiger partial charge in [-0.1, -0.05) is 25.4 Å². The van der Waals surface area contributed by atoms with Gasteiger partial charge in [0, 0.05) is 18.4 Å². The lowest BCUT2D eigenvalue weighted by molar-refractivity contribution is 0.634. The average Bonchev–Trinajstić information content (AvgIpc) is 2.51. The second-order valence-corrected chi connectivity index (χ2v) is 5.66. The third-order valence-corrected chi connectivity index (χ3v) is 3.29. The number of hydrogen-bond donors (Lipinski definition) is 0. The summed E-state index contributed by atoms with van der Waals surface area (Å²) in [7, 11) is 1.92. The highest BCUT2D eigenvalue weighted by molar-refractivity contribution is 6.29. The Bertz CT molecular complexity index is 602. The second kappa shape index (κ2) is 5.29. The van der Waals surface area contributed by atoms with Gasteiger partial charge < -0.3 is 0 Å². The van der Waals surface area contributed by atoms with Crippen LogP contribution < -0.4 is 0 Å². The topological polar surface area (TPSA) is 43.6 Å². The summed E-state index contributed by atoms with van der Waals surface area (Å²) in [5.74, 6) is 1.21. The zero-order valence-electron chi connectivity index (χ0n) is 12.0. The van der Waals surface area contributed by atoms with Crippen molar-refractivity contribution < 1.29 is 0 Å². The van der Waals surface area contributed by atoms with E-state index in [1.54, 1.807) is 0 Å². The Labute approximate surface area is 118 Å². The predicted octanol–water partition coefficient (Wildman–Crippen LogP) is 3.35. The molecule has 0 saturated carbocycles. The summed E-state index contributed by atoms with van der Waals surface area (Å²) < 4.78 is 1.84. The SMILES string of the molecule is Cc1nn(C)c(C)c1-c1nc(Cl)cc(CC(C)C)n1. The van der Waals surface area contributed by atoms with Gasteiger partial charge >= 0.3 is 0 Å². The van der Waals surface area contributed by atoms with Crippen molar-refractivity contribution in [3.8, 4) is 11.4 Å². The predicted molar refractivity (Wildman–Crippen MR) is 77.3 cm³/mol. The Morgan fingerprint density at radius 3 is 2.47 bits per heavy atom. The van der Waals surface area contributed by atoms with Crippen LogP contribution in [-0.4, -0.2) is 19.7 Å². The van der Waals surface area contributed by atoms with Crippen LogP contribution in [0.3, 0.4) is 0 Å². The van der Waals surface area contributed by atoms with Gasteiger partial charge in [0.25, 0.3) is 0 Å². The smallest absolute Gasteiger partial charge is 0.164 e. The molecule has 0 spiro atoms. The molecule has 4 nitrogen and oxygen atoms in total. The van der Waals surface area contributed by atoms with Crippen molar-refractivity contribution in [1.29, 1.82) is 0 Å². The maximum atomic E-state index is 6.12. The number of halogens is 1. The quantitative estimate of drug-likeness (QED) is 0.809. The average molecular weight is 279 g/mol. The molecule has 19 heavy (non-hydrogen) atoms. The summed E-state index contributed by atoms with van der Waals surface area (Å²) in [5.41, 5.74) is 3.94. The molecule has 0 aromatic carbocycles. The Hall–Kier alpha value is -1.42. The first kappa shape index (κ1) is 14.0. The first-order valence-corrected chi connectivity index (χ1v) is 6.80. The molecule has 0 saturated heterocycles. The molecule has 0 atom stereocenters. The van der Waals surface area contributed by atoms with Crippen LogP contribution in [0.15, 0.2) is 6.07 Å². The first-order chi connectivity index (χ1) is 8.88. The summed E-state index contributed by atoms with van der Waals surface area (Å²) in [6.45, 7) is 8.31. The number of aryl methyl sites for hydroxylation is 2. The zero-order chi connectivity index (χ0) is 14.2. The lowest BCUT2D eigenvalue weighted by atomic mass is 10.1. The lowest BCUT2D eigenvalue weighted by Gasteiger charge is -2.07. The maximum absolute atomic E-state index is 6.12. The van der Waals surface area contributed by atoms with Crippen molar-refractivity contribution in [1.82, 2.24) is 19.7 Å². The van der Waals surface area contributed by atoms with E-state index in [4.69, 9.17) is 11.6 Å². The van der Waals surface area contributed by atoms with Gasteiger partial charge in [0.05, 0.1) is 11.3 Å². The second-order valence-electron chi connectivity index (χ2n) is 5.27. The highest BCUT2D eigenvalue weighted by Crippen LogP contribution is 2.25. The Morgan fingerprint density at radius 1 is 1.26 bits per heavy atom. The Kier molecular flexibility index (Phi) is 3.90. The van der Waals surface area contributed by atoms with Gasteiger partial charge in [-0.25, -0.2) is 9.97 Å². The molecule has 2 heterocycles. The van der Waals surface area contributed by atoms with Gasteiger partial charge in [-0.15, -0.1) is 0 Å². The summed E-state index contributed by atoms with van der Waals surface area (Å²) in [5, 5.41) is 4.89. The van der Waals surface area contributed by atoms with Gasteiger partial charge in [0.1, 0.15) is 5.15 Å². The highest BCUT2D eigenvalue weighted by Gasteiger charge is 2.16. The van der Waals surface area contributed by atoms with Crippen LogP contribution >= 0.6 is 11.6 Å². The van der Waals surface area contributed by atoms with Crippen LogP contribution in [-0.2, 0) is 13.5 Å². The van der Waals surface area contributed by atoms with E-state index < -0.39 is 0 Å². The Morgan fingerprint density at radius 2 is 1.95 bits per heavy atom. The summed E-state index contributed by atoms with van der Waals surface area (Å²) in [4.78, 5) is 8.98. The molecular weight excluding hydrogens is 260 g/mol. The molecule has 0 aliphatic carbocycles. The molecule has 5 heteroatoms. The molecule has 2 aromatic rings. The van der Waals surface area contributed by atoms with E-state index in [1.165, 1.54) is 0 Å². The van der Waals surface area contributed by atoms with Crippen molar-refractivity contribution in [2.24, 2.45) is 13.0 Å². The largest absolute Gasteiger partial charge is 0.272 e. The van der Waals surface area contributed by atoms with E-state index in [2.05, 4.69) is 28.9 Å². The van der Waals surface area contributed by atoms with E-state index in [1.807, 2.05) is 31.6 Å². The van der Waals surface area contributed by atoms with Crippen molar-refractivity contribution >= 4 is 11.6 Å². The van der Waals surface area contributed by atoms with Gasteiger partial charge in [0.2, 0.25) is 0 Å². The van der Waals surface area contributed by atoms with E-state index in [-0.39, 0.29) is 0 Å². The summed E-state index contributed by atoms with van der Waals surface area (Å²) in [6.07, 6.45) is 0.896. The lowest BCUT2D eigenvalue weighted by Crippen LogP contribution is -2.01. The third-order valence-electron chi connectivity index (χ3n) is 3.10. The first-order valence-electron chi connectivity index (χ1n) is 6.42. The van der Waals surface area contributed by atoms with E-state index in [0.29, 0.717) is 16.9 Å². The molecule has 0 amide bonds.